The number of carbonyl (C=O) groups is 1. The second-order valence-corrected chi connectivity index (χ2v) is 21.5. The molecule has 2 aromatic heterocycles. The predicted octanol–water partition coefficient (Wildman–Crippen LogP) is 15.2. The lowest BCUT2D eigenvalue weighted by Gasteiger charge is -2.36. The summed E-state index contributed by atoms with van der Waals surface area (Å²) in [5.41, 5.74) is 15.0. The molecule has 0 N–H and O–H groups in total. The van der Waals surface area contributed by atoms with E-state index in [0.717, 1.165) is 72.6 Å². The molecule has 0 radical (unpaired) electrons. The van der Waals surface area contributed by atoms with Crippen LogP contribution in [-0.2, 0) is 35.9 Å². The molecule has 352 valence electrons. The molecule has 0 spiro atoms. The molecule has 0 unspecified atom stereocenters. The maximum atomic E-state index is 15.2. The number of carbonyl (C=O) groups excluding carboxylic acids is 1. The van der Waals surface area contributed by atoms with Crippen molar-refractivity contribution in [1.82, 2.24) is 4.57 Å². The van der Waals surface area contributed by atoms with Gasteiger partial charge in [-0.1, -0.05) is 193 Å². The fraction of sp³-hybridized carbons (Fsp3) is 0.188. The number of rotatable bonds is 9. The number of esters is 1. The number of fused-ring (bicyclic) bond motifs is 5. The highest BCUT2D eigenvalue weighted by Crippen LogP contribution is 2.58. The summed E-state index contributed by atoms with van der Waals surface area (Å²) in [7, 11) is 4.86. The van der Waals surface area contributed by atoms with Crippen molar-refractivity contribution in [2.24, 2.45) is 0 Å². The van der Waals surface area contributed by atoms with Crippen LogP contribution in [0.3, 0.4) is 0 Å². The summed E-state index contributed by atoms with van der Waals surface area (Å²) in [4.78, 5) is 15.2. The Morgan fingerprint density at radius 1 is 0.493 bits per heavy atom. The molecule has 7 heteroatoms. The Kier molecular flexibility index (Phi) is 11.3. The first kappa shape index (κ1) is 46.0. The van der Waals surface area contributed by atoms with E-state index >= 15 is 4.79 Å². The zero-order valence-corrected chi connectivity index (χ0v) is 42.6. The Bertz CT molecular complexity index is 3630. The van der Waals surface area contributed by atoms with Crippen LogP contribution >= 0.6 is 11.3 Å². The van der Waals surface area contributed by atoms with Crippen LogP contribution in [0.25, 0.3) is 64.8 Å². The van der Waals surface area contributed by atoms with Crippen molar-refractivity contribution in [3.05, 3.63) is 227 Å². The SMILES string of the molecule is COC(=O)C1=C(c2ccc(C(C)(C)C)cc2)C2=C(c3ccc4sc5ccccc5c4c3)c3c(-c4ccc(C(C)(C)C)cc4)c(-c4ccccc4)c(-c4ccccc4)n3C(OC)(OC)[N+]2=C1c1ccccc1. The largest absolute Gasteiger partial charge is 0.492 e. The van der Waals surface area contributed by atoms with Crippen LogP contribution in [-0.4, -0.2) is 42.2 Å². The lowest BCUT2D eigenvalue weighted by molar-refractivity contribution is -0.719. The standard InChI is InChI=1S/C64H57N2O4S/c1-62(2,3)46-34-29-41(30-35-46)53-52(40-21-13-10-14-22-40)57(43-23-15-11-16-24-43)65-59(53)55(45-33-38-51-49(39-45)48-27-19-20-28-50(48)71-51)60-54(42-31-36-47(37-32-42)63(4,5)6)56(61(67)68-7)58(44-25-17-12-18-26-44)66(60)64(65,69-8)70-9/h10-39H,1-9H3/q+1. The zero-order chi connectivity index (χ0) is 49.4. The summed E-state index contributed by atoms with van der Waals surface area (Å²) >= 11 is 1.79. The van der Waals surface area contributed by atoms with E-state index in [1.165, 1.54) is 33.0 Å². The number of ether oxygens (including phenoxy) is 3. The molecule has 4 heterocycles. The second kappa shape index (κ2) is 17.5. The minimum absolute atomic E-state index is 0.0795. The first-order chi connectivity index (χ1) is 34.3. The second-order valence-electron chi connectivity index (χ2n) is 20.5. The van der Waals surface area contributed by atoms with Gasteiger partial charge in [0.15, 0.2) is 0 Å². The minimum atomic E-state index is -1.75. The van der Waals surface area contributed by atoms with Gasteiger partial charge in [-0.3, -0.25) is 9.47 Å². The van der Waals surface area contributed by atoms with Gasteiger partial charge in [-0.05, 0) is 80.1 Å². The number of aromatic nitrogens is 1. The minimum Gasteiger partial charge on any atom is -0.465 e. The van der Waals surface area contributed by atoms with Gasteiger partial charge in [0.1, 0.15) is 5.57 Å². The molecule has 0 fully saturated rings. The molecule has 6 nitrogen and oxygen atoms in total. The van der Waals surface area contributed by atoms with Crippen molar-refractivity contribution in [2.45, 2.75) is 58.4 Å². The van der Waals surface area contributed by atoms with E-state index in [1.54, 1.807) is 25.6 Å². The molecule has 9 aromatic rings. The smallest absolute Gasteiger partial charge is 0.465 e. The number of thiophene rings is 1. The average molecular weight is 950 g/mol. The average Bonchev–Trinajstić information content (AvgIpc) is 4.07. The van der Waals surface area contributed by atoms with E-state index < -0.39 is 12.0 Å². The first-order valence-electron chi connectivity index (χ1n) is 24.2. The molecule has 0 saturated heterocycles. The molecular weight excluding hydrogens is 893 g/mol. The van der Waals surface area contributed by atoms with Crippen LogP contribution in [0.1, 0.15) is 75.1 Å². The molecule has 0 atom stereocenters. The van der Waals surface area contributed by atoms with E-state index in [4.69, 9.17) is 14.2 Å². The highest BCUT2D eigenvalue weighted by molar-refractivity contribution is 7.25. The van der Waals surface area contributed by atoms with Crippen LogP contribution < -0.4 is 0 Å². The summed E-state index contributed by atoms with van der Waals surface area (Å²) in [5, 5.41) is 2.34. The molecule has 0 bridgehead atoms. The highest BCUT2D eigenvalue weighted by atomic mass is 32.1. The third kappa shape index (κ3) is 7.37. The van der Waals surface area contributed by atoms with E-state index in [0.29, 0.717) is 16.9 Å². The van der Waals surface area contributed by atoms with Gasteiger partial charge < -0.3 is 4.74 Å². The van der Waals surface area contributed by atoms with Crippen LogP contribution in [0.5, 0.6) is 0 Å². The van der Waals surface area contributed by atoms with Gasteiger partial charge in [-0.25, -0.2) is 9.36 Å². The molecule has 2 aliphatic rings. The Balaban J connectivity index is 1.44. The molecule has 0 aliphatic carbocycles. The summed E-state index contributed by atoms with van der Waals surface area (Å²) in [5.74, 6) is -0.476. The van der Waals surface area contributed by atoms with E-state index in [1.807, 2.05) is 36.4 Å². The maximum absolute atomic E-state index is 15.2. The molecule has 7 aromatic carbocycles. The summed E-state index contributed by atoms with van der Waals surface area (Å²) in [6.45, 7) is 13.4. The number of hydrogen-bond donors (Lipinski definition) is 0. The fourth-order valence-corrected chi connectivity index (χ4v) is 11.8. The van der Waals surface area contributed by atoms with Gasteiger partial charge in [0.25, 0.3) is 0 Å². The first-order valence-corrected chi connectivity index (χ1v) is 25.0. The molecule has 0 saturated carbocycles. The molecule has 71 heavy (non-hydrogen) atoms. The zero-order valence-electron chi connectivity index (χ0n) is 41.8. The van der Waals surface area contributed by atoms with Gasteiger partial charge in [0.05, 0.1) is 29.6 Å². The number of methoxy groups -OCH3 is 3. The monoisotopic (exact) mass is 949 g/mol. The van der Waals surface area contributed by atoms with Crippen molar-refractivity contribution in [3.63, 3.8) is 0 Å². The Morgan fingerprint density at radius 2 is 0.972 bits per heavy atom. The van der Waals surface area contributed by atoms with E-state index in [-0.39, 0.29) is 10.8 Å². The van der Waals surface area contributed by atoms with E-state index in [9.17, 15) is 0 Å². The van der Waals surface area contributed by atoms with Gasteiger partial charge in [-0.2, -0.15) is 0 Å². The third-order valence-corrected chi connectivity index (χ3v) is 15.4. The summed E-state index contributed by atoms with van der Waals surface area (Å²) in [6, 6.07) is 62.7. The van der Waals surface area contributed by atoms with Crippen LogP contribution in [0.2, 0.25) is 0 Å². The highest BCUT2D eigenvalue weighted by Gasteiger charge is 2.63. The Morgan fingerprint density at radius 3 is 1.54 bits per heavy atom. The van der Waals surface area contributed by atoms with Crippen LogP contribution in [0.15, 0.2) is 193 Å². The Hall–Kier alpha value is -7.42. The van der Waals surface area contributed by atoms with Crippen molar-refractivity contribution in [1.29, 1.82) is 0 Å². The van der Waals surface area contributed by atoms with Crippen LogP contribution in [0, 0.1) is 0 Å². The quantitative estimate of drug-likeness (QED) is 0.0822. The molecular formula is C64H57N2O4S+. The number of benzene rings is 7. The lowest BCUT2D eigenvalue weighted by Crippen LogP contribution is -2.52. The topological polar surface area (TPSA) is 52.7 Å². The van der Waals surface area contributed by atoms with Gasteiger partial charge in [0.2, 0.25) is 11.4 Å². The number of allylic oxidation sites excluding steroid dienone is 1. The maximum Gasteiger partial charge on any atom is 0.492 e. The number of hydrogen-bond acceptors (Lipinski definition) is 5. The van der Waals surface area contributed by atoms with Gasteiger partial charge in [0, 0.05) is 51.1 Å². The normalized spacial score (nSPS) is 14.7. The number of nitrogens with zero attached hydrogens (tertiary/aromatic N) is 2. The van der Waals surface area contributed by atoms with Crippen molar-refractivity contribution in [2.75, 3.05) is 21.3 Å². The molecule has 0 amide bonds. The lowest BCUT2D eigenvalue weighted by atomic mass is 9.83. The molecule has 2 aliphatic heterocycles. The van der Waals surface area contributed by atoms with Gasteiger partial charge in [-0.15, -0.1) is 15.9 Å². The Labute approximate surface area is 420 Å². The summed E-state index contributed by atoms with van der Waals surface area (Å²) in [6.07, 6.45) is 0. The predicted molar refractivity (Wildman–Crippen MR) is 292 cm³/mol. The van der Waals surface area contributed by atoms with Crippen molar-refractivity contribution < 1.29 is 23.6 Å². The fourth-order valence-electron chi connectivity index (χ4n) is 10.8. The van der Waals surface area contributed by atoms with Crippen molar-refractivity contribution in [3.8, 4) is 33.5 Å². The van der Waals surface area contributed by atoms with E-state index in [2.05, 4.69) is 196 Å². The van der Waals surface area contributed by atoms with Crippen molar-refractivity contribution >= 4 is 54.3 Å². The third-order valence-electron chi connectivity index (χ3n) is 14.2. The summed E-state index contributed by atoms with van der Waals surface area (Å²) < 4.78 is 27.0. The van der Waals surface area contributed by atoms with Gasteiger partial charge >= 0.3 is 12.0 Å². The van der Waals surface area contributed by atoms with Crippen LogP contribution in [0.4, 0.5) is 0 Å². The molecule has 11 rings (SSSR count).